The second kappa shape index (κ2) is 6.49. The summed E-state index contributed by atoms with van der Waals surface area (Å²) in [5, 5.41) is 25.5. The van der Waals surface area contributed by atoms with Crippen molar-refractivity contribution in [1.29, 1.82) is 0 Å². The van der Waals surface area contributed by atoms with Gasteiger partial charge in [-0.3, -0.25) is 15.5 Å². The topological polar surface area (TPSA) is 108 Å². The number of anilines is 1. The number of aromatic carboxylic acids is 1. The zero-order valence-corrected chi connectivity index (χ0v) is 11.6. The first-order valence-corrected chi connectivity index (χ1v) is 6.34. The van der Waals surface area contributed by atoms with Crippen LogP contribution in [0, 0.1) is 10.1 Å². The van der Waals surface area contributed by atoms with Gasteiger partial charge in [-0.1, -0.05) is 12.1 Å². The van der Waals surface area contributed by atoms with Gasteiger partial charge in [-0.2, -0.15) is 5.10 Å². The molecule has 0 aliphatic carbocycles. The molecule has 7 heteroatoms. The molecule has 2 rings (SSSR count). The van der Waals surface area contributed by atoms with Crippen molar-refractivity contribution in [2.24, 2.45) is 5.10 Å². The number of nitrogens with zero attached hydrogens (tertiary/aromatic N) is 2. The van der Waals surface area contributed by atoms with Gasteiger partial charge in [0.05, 0.1) is 22.3 Å². The van der Waals surface area contributed by atoms with E-state index in [1.54, 1.807) is 31.2 Å². The van der Waals surface area contributed by atoms with Crippen LogP contribution in [0.2, 0.25) is 0 Å². The number of non-ortho nitro benzene ring substituents is 1. The van der Waals surface area contributed by atoms with E-state index in [2.05, 4.69) is 10.5 Å². The van der Waals surface area contributed by atoms with Crippen LogP contribution in [0.5, 0.6) is 0 Å². The Kier molecular flexibility index (Phi) is 4.47. The Morgan fingerprint density at radius 2 is 1.82 bits per heavy atom. The zero-order chi connectivity index (χ0) is 16.1. The van der Waals surface area contributed by atoms with Gasteiger partial charge in [0.15, 0.2) is 0 Å². The van der Waals surface area contributed by atoms with E-state index in [4.69, 9.17) is 0 Å². The number of carboxylic acid groups (broad SMARTS) is 1. The third kappa shape index (κ3) is 3.66. The molecule has 0 aliphatic heterocycles. The number of nitro groups is 1. The number of hydrazone groups is 1. The summed E-state index contributed by atoms with van der Waals surface area (Å²) >= 11 is 0. The summed E-state index contributed by atoms with van der Waals surface area (Å²) < 4.78 is 0. The van der Waals surface area contributed by atoms with Crippen molar-refractivity contribution in [3.8, 4) is 0 Å². The maximum atomic E-state index is 10.8. The molecule has 112 valence electrons. The standard InChI is InChI=1S/C15H13N3O4/c1-10(11-5-7-14(8-6-11)18(21)22)16-17-13-4-2-3-12(9-13)15(19)20/h2-9,17H,1H3,(H,19,20)/p-1/b16-10-. The predicted octanol–water partition coefficient (Wildman–Crippen LogP) is 1.79. The van der Waals surface area contributed by atoms with E-state index in [1.165, 1.54) is 24.3 Å². The first-order chi connectivity index (χ1) is 10.5. The van der Waals surface area contributed by atoms with Crippen LogP contribution in [-0.2, 0) is 0 Å². The van der Waals surface area contributed by atoms with Crippen LogP contribution in [0.1, 0.15) is 22.8 Å². The van der Waals surface area contributed by atoms with Gasteiger partial charge >= 0.3 is 0 Å². The molecule has 0 bridgehead atoms. The molecule has 22 heavy (non-hydrogen) atoms. The molecule has 0 saturated carbocycles. The summed E-state index contributed by atoms with van der Waals surface area (Å²) in [6.07, 6.45) is 0. The van der Waals surface area contributed by atoms with Crippen molar-refractivity contribution >= 4 is 23.1 Å². The Balaban J connectivity index is 2.14. The minimum Gasteiger partial charge on any atom is -0.545 e. The Bertz CT molecular complexity index is 739. The number of carbonyl (C=O) groups excluding carboxylic acids is 1. The van der Waals surface area contributed by atoms with E-state index < -0.39 is 10.9 Å². The van der Waals surface area contributed by atoms with Crippen molar-refractivity contribution < 1.29 is 14.8 Å². The zero-order valence-electron chi connectivity index (χ0n) is 11.6. The summed E-state index contributed by atoms with van der Waals surface area (Å²) in [4.78, 5) is 20.9. The number of benzene rings is 2. The molecule has 0 unspecified atom stereocenters. The van der Waals surface area contributed by atoms with Crippen LogP contribution in [0.15, 0.2) is 53.6 Å². The van der Waals surface area contributed by atoms with E-state index in [9.17, 15) is 20.0 Å². The maximum absolute atomic E-state index is 10.8. The summed E-state index contributed by atoms with van der Waals surface area (Å²) in [6, 6.07) is 12.0. The second-order valence-corrected chi connectivity index (χ2v) is 4.48. The van der Waals surface area contributed by atoms with E-state index in [0.29, 0.717) is 17.0 Å². The molecule has 0 aromatic heterocycles. The molecule has 0 heterocycles. The summed E-state index contributed by atoms with van der Waals surface area (Å²) in [5.41, 5.74) is 4.62. The van der Waals surface area contributed by atoms with E-state index in [0.717, 1.165) is 0 Å². The van der Waals surface area contributed by atoms with E-state index in [-0.39, 0.29) is 11.3 Å². The number of nitrogens with one attached hydrogen (secondary N) is 1. The molecule has 0 spiro atoms. The largest absolute Gasteiger partial charge is 0.545 e. The molecule has 0 aliphatic rings. The molecular weight excluding hydrogens is 286 g/mol. The van der Waals surface area contributed by atoms with Gasteiger partial charge in [-0.15, -0.1) is 0 Å². The van der Waals surface area contributed by atoms with Crippen molar-refractivity contribution in [3.63, 3.8) is 0 Å². The average molecular weight is 298 g/mol. The van der Waals surface area contributed by atoms with Gasteiger partial charge in [0, 0.05) is 12.1 Å². The third-order valence-electron chi connectivity index (χ3n) is 2.95. The summed E-state index contributed by atoms with van der Waals surface area (Å²) in [6.45, 7) is 1.73. The molecule has 1 N–H and O–H groups in total. The van der Waals surface area contributed by atoms with Gasteiger partial charge in [0.25, 0.3) is 5.69 Å². The Labute approximate surface area is 126 Å². The SMILES string of the molecule is C/C(=N/Nc1cccc(C(=O)[O-])c1)c1ccc([N+](=O)[O-])cc1. The lowest BCUT2D eigenvalue weighted by atomic mass is 10.1. The lowest BCUT2D eigenvalue weighted by molar-refractivity contribution is -0.384. The summed E-state index contributed by atoms with van der Waals surface area (Å²) in [5.74, 6) is -1.26. The molecule has 2 aromatic rings. The molecule has 0 radical (unpaired) electrons. The lowest BCUT2D eigenvalue weighted by Crippen LogP contribution is -2.22. The van der Waals surface area contributed by atoms with Gasteiger partial charge < -0.3 is 9.90 Å². The maximum Gasteiger partial charge on any atom is 0.269 e. The van der Waals surface area contributed by atoms with Gasteiger partial charge in [-0.05, 0) is 42.3 Å². The minimum atomic E-state index is -1.26. The second-order valence-electron chi connectivity index (χ2n) is 4.48. The summed E-state index contributed by atoms with van der Waals surface area (Å²) in [7, 11) is 0. The molecule has 0 saturated heterocycles. The van der Waals surface area contributed by atoms with Crippen LogP contribution in [0.25, 0.3) is 0 Å². The van der Waals surface area contributed by atoms with Crippen molar-refractivity contribution in [1.82, 2.24) is 0 Å². The number of carbonyl (C=O) groups is 1. The first kappa shape index (κ1) is 15.2. The Morgan fingerprint density at radius 1 is 1.14 bits per heavy atom. The predicted molar refractivity (Wildman–Crippen MR) is 79.7 cm³/mol. The third-order valence-corrected chi connectivity index (χ3v) is 2.95. The molecule has 0 atom stereocenters. The highest BCUT2D eigenvalue weighted by molar-refractivity contribution is 5.99. The van der Waals surface area contributed by atoms with E-state index in [1.807, 2.05) is 0 Å². The van der Waals surface area contributed by atoms with Crippen LogP contribution in [-0.4, -0.2) is 16.6 Å². The van der Waals surface area contributed by atoms with E-state index >= 15 is 0 Å². The van der Waals surface area contributed by atoms with Crippen molar-refractivity contribution in [2.75, 3.05) is 5.43 Å². The van der Waals surface area contributed by atoms with Crippen molar-refractivity contribution in [3.05, 3.63) is 69.8 Å². The van der Waals surface area contributed by atoms with Crippen molar-refractivity contribution in [2.45, 2.75) is 6.92 Å². The number of hydrogen-bond donors (Lipinski definition) is 1. The molecule has 0 fully saturated rings. The fourth-order valence-corrected chi connectivity index (χ4v) is 1.75. The Morgan fingerprint density at radius 3 is 2.41 bits per heavy atom. The van der Waals surface area contributed by atoms with Crippen LogP contribution in [0.4, 0.5) is 11.4 Å². The quantitative estimate of drug-likeness (QED) is 0.514. The highest BCUT2D eigenvalue weighted by Crippen LogP contribution is 2.14. The van der Waals surface area contributed by atoms with Crippen LogP contribution < -0.4 is 10.5 Å². The molecular formula is C15H12N3O4-. The molecule has 7 nitrogen and oxygen atoms in total. The fourth-order valence-electron chi connectivity index (χ4n) is 1.75. The molecule has 2 aromatic carbocycles. The smallest absolute Gasteiger partial charge is 0.269 e. The number of nitro benzene ring substituents is 1. The average Bonchev–Trinajstić information content (AvgIpc) is 2.53. The highest BCUT2D eigenvalue weighted by Gasteiger charge is 2.05. The van der Waals surface area contributed by atoms with Gasteiger partial charge in [0.2, 0.25) is 0 Å². The monoisotopic (exact) mass is 298 g/mol. The number of hydrogen-bond acceptors (Lipinski definition) is 6. The lowest BCUT2D eigenvalue weighted by Gasteiger charge is -2.06. The van der Waals surface area contributed by atoms with Gasteiger partial charge in [-0.25, -0.2) is 0 Å². The fraction of sp³-hybridized carbons (Fsp3) is 0.0667. The first-order valence-electron chi connectivity index (χ1n) is 6.34. The molecule has 0 amide bonds. The number of rotatable bonds is 5. The highest BCUT2D eigenvalue weighted by atomic mass is 16.6. The van der Waals surface area contributed by atoms with Gasteiger partial charge in [0.1, 0.15) is 0 Å². The number of carboxylic acids is 1. The van der Waals surface area contributed by atoms with Crippen LogP contribution in [0.3, 0.4) is 0 Å². The normalized spacial score (nSPS) is 11.0. The Hall–Kier alpha value is -3.22. The van der Waals surface area contributed by atoms with Crippen LogP contribution >= 0.6 is 0 Å². The minimum absolute atomic E-state index is 0.00571.